The van der Waals surface area contributed by atoms with E-state index in [1.807, 2.05) is 0 Å². The number of rotatable bonds is 3. The Kier molecular flexibility index (Phi) is 3.62. The van der Waals surface area contributed by atoms with Gasteiger partial charge in [0.15, 0.2) is 0 Å². The van der Waals surface area contributed by atoms with Crippen LogP contribution in [0.4, 0.5) is 8.78 Å². The zero-order chi connectivity index (χ0) is 13.0. The topological polar surface area (TPSA) is 39.2 Å². The maximum atomic E-state index is 13.3. The zero-order valence-electron chi connectivity index (χ0n) is 9.27. The Bertz CT molecular complexity index is 538. The highest BCUT2D eigenvalue weighted by Gasteiger charge is 2.12. The second-order valence-corrected chi connectivity index (χ2v) is 3.52. The van der Waals surface area contributed by atoms with Crippen LogP contribution in [-0.4, -0.2) is 11.0 Å². The third-order valence-electron chi connectivity index (χ3n) is 2.31. The molecule has 0 bridgehead atoms. The van der Waals surface area contributed by atoms with E-state index in [0.29, 0.717) is 0 Å². The lowest BCUT2D eigenvalue weighted by atomic mass is 10.2. The molecule has 5 heteroatoms. The van der Waals surface area contributed by atoms with Crippen molar-refractivity contribution in [2.24, 2.45) is 0 Å². The fourth-order valence-electron chi connectivity index (χ4n) is 1.37. The van der Waals surface area contributed by atoms with Crippen molar-refractivity contribution in [2.45, 2.75) is 6.61 Å². The smallest absolute Gasteiger partial charge is 0.340 e. The number of ether oxygens (including phenoxy) is 1. The van der Waals surface area contributed by atoms with Crippen molar-refractivity contribution in [1.82, 2.24) is 4.98 Å². The maximum Gasteiger partial charge on any atom is 0.340 e. The van der Waals surface area contributed by atoms with Crippen LogP contribution in [0.5, 0.6) is 0 Å². The van der Waals surface area contributed by atoms with Crippen LogP contribution in [0, 0.1) is 11.6 Å². The van der Waals surface area contributed by atoms with Gasteiger partial charge >= 0.3 is 5.97 Å². The van der Waals surface area contributed by atoms with E-state index < -0.39 is 24.2 Å². The van der Waals surface area contributed by atoms with Gasteiger partial charge in [0.1, 0.15) is 18.2 Å². The third kappa shape index (κ3) is 2.68. The highest BCUT2D eigenvalue weighted by atomic mass is 19.1. The molecule has 1 aromatic carbocycles. The van der Waals surface area contributed by atoms with Crippen molar-refractivity contribution >= 4 is 5.97 Å². The highest BCUT2D eigenvalue weighted by Crippen LogP contribution is 2.14. The van der Waals surface area contributed by atoms with Gasteiger partial charge in [-0.05, 0) is 24.3 Å². The Hall–Kier alpha value is -2.30. The number of carbonyl (C=O) groups excluding carboxylic acids is 1. The summed E-state index contributed by atoms with van der Waals surface area (Å²) < 4.78 is 31.3. The van der Waals surface area contributed by atoms with Crippen molar-refractivity contribution in [3.05, 3.63) is 65.5 Å². The summed E-state index contributed by atoms with van der Waals surface area (Å²) in [6.45, 7) is -0.452. The van der Waals surface area contributed by atoms with Gasteiger partial charge in [-0.15, -0.1) is 0 Å². The van der Waals surface area contributed by atoms with Gasteiger partial charge in [0.2, 0.25) is 0 Å². The lowest BCUT2D eigenvalue weighted by Crippen LogP contribution is -2.07. The second kappa shape index (κ2) is 5.35. The number of aromatic nitrogens is 1. The average molecular weight is 249 g/mol. The third-order valence-corrected chi connectivity index (χ3v) is 2.31. The highest BCUT2D eigenvalue weighted by molar-refractivity contribution is 5.88. The molecule has 3 nitrogen and oxygen atoms in total. The molecule has 18 heavy (non-hydrogen) atoms. The Balaban J connectivity index is 2.07. The van der Waals surface area contributed by atoms with E-state index in [-0.39, 0.29) is 11.1 Å². The quantitative estimate of drug-likeness (QED) is 0.785. The fraction of sp³-hybridized carbons (Fsp3) is 0.0769. The van der Waals surface area contributed by atoms with E-state index in [1.54, 1.807) is 6.07 Å². The van der Waals surface area contributed by atoms with Gasteiger partial charge in [-0.3, -0.25) is 4.98 Å². The number of hydrogen-bond donors (Lipinski definition) is 0. The zero-order valence-corrected chi connectivity index (χ0v) is 9.27. The van der Waals surface area contributed by atoms with E-state index in [2.05, 4.69) is 4.98 Å². The minimum atomic E-state index is -0.742. The molecule has 0 unspecified atom stereocenters. The van der Waals surface area contributed by atoms with Gasteiger partial charge in [0.05, 0.1) is 11.1 Å². The van der Waals surface area contributed by atoms with Crippen molar-refractivity contribution in [1.29, 1.82) is 0 Å². The Morgan fingerprint density at radius 3 is 2.50 bits per heavy atom. The molecule has 92 valence electrons. The van der Waals surface area contributed by atoms with E-state index in [1.165, 1.54) is 24.5 Å². The lowest BCUT2D eigenvalue weighted by Gasteiger charge is -2.06. The molecule has 0 aliphatic carbocycles. The minimum absolute atomic E-state index is 0.231. The summed E-state index contributed by atoms with van der Waals surface area (Å²) in [4.78, 5) is 15.3. The van der Waals surface area contributed by atoms with Gasteiger partial charge < -0.3 is 4.74 Å². The lowest BCUT2D eigenvalue weighted by molar-refractivity contribution is 0.0464. The van der Waals surface area contributed by atoms with Crippen LogP contribution in [0.2, 0.25) is 0 Å². The summed E-state index contributed by atoms with van der Waals surface area (Å²) in [7, 11) is 0. The van der Waals surface area contributed by atoms with Crippen LogP contribution in [0.3, 0.4) is 0 Å². The monoisotopic (exact) mass is 249 g/mol. The van der Waals surface area contributed by atoms with Crippen LogP contribution in [0.25, 0.3) is 0 Å². The van der Waals surface area contributed by atoms with Crippen LogP contribution in [0.1, 0.15) is 15.9 Å². The molecule has 0 saturated heterocycles. The number of esters is 1. The number of carbonyl (C=O) groups is 1. The Morgan fingerprint density at radius 1 is 1.17 bits per heavy atom. The van der Waals surface area contributed by atoms with Crippen molar-refractivity contribution in [3.63, 3.8) is 0 Å². The molecule has 0 aliphatic rings. The van der Waals surface area contributed by atoms with E-state index >= 15 is 0 Å². The number of benzene rings is 1. The van der Waals surface area contributed by atoms with Crippen LogP contribution in [0.15, 0.2) is 42.7 Å². The normalized spacial score (nSPS) is 10.1. The molecular formula is C13H9F2NO2. The molecular weight excluding hydrogens is 240 g/mol. The summed E-state index contributed by atoms with van der Waals surface area (Å²) in [6.07, 6.45) is 2.83. The molecule has 0 saturated carbocycles. The molecule has 0 aliphatic heterocycles. The van der Waals surface area contributed by atoms with E-state index in [4.69, 9.17) is 4.74 Å². The second-order valence-electron chi connectivity index (χ2n) is 3.52. The molecule has 0 radical (unpaired) electrons. The first-order valence-corrected chi connectivity index (χ1v) is 5.18. The molecule has 1 heterocycles. The molecule has 0 atom stereocenters. The summed E-state index contributed by atoms with van der Waals surface area (Å²) >= 11 is 0. The summed E-state index contributed by atoms with van der Waals surface area (Å²) in [6, 6.07) is 6.54. The maximum absolute atomic E-state index is 13.3. The standard InChI is InChI=1S/C13H9F2NO2/c14-11-4-1-5-12(15)10(11)8-18-13(17)9-3-2-6-16-7-9/h1-7H,8H2. The average Bonchev–Trinajstić information content (AvgIpc) is 2.39. The minimum Gasteiger partial charge on any atom is -0.457 e. The Morgan fingerprint density at radius 2 is 1.89 bits per heavy atom. The van der Waals surface area contributed by atoms with Gasteiger partial charge in [-0.25, -0.2) is 13.6 Å². The molecule has 0 fully saturated rings. The van der Waals surface area contributed by atoms with Gasteiger partial charge in [-0.1, -0.05) is 6.07 Å². The molecule has 0 spiro atoms. The first kappa shape index (κ1) is 12.2. The van der Waals surface area contributed by atoms with Crippen molar-refractivity contribution in [2.75, 3.05) is 0 Å². The largest absolute Gasteiger partial charge is 0.457 e. The van der Waals surface area contributed by atoms with Crippen molar-refractivity contribution < 1.29 is 18.3 Å². The first-order valence-electron chi connectivity index (χ1n) is 5.18. The SMILES string of the molecule is O=C(OCc1c(F)cccc1F)c1cccnc1. The molecule has 0 N–H and O–H groups in total. The van der Waals surface area contributed by atoms with Crippen LogP contribution < -0.4 is 0 Å². The number of hydrogen-bond acceptors (Lipinski definition) is 3. The first-order chi connectivity index (χ1) is 8.68. The summed E-state index contributed by atoms with van der Waals surface area (Å²) in [5.74, 6) is -2.16. The molecule has 2 rings (SSSR count). The summed E-state index contributed by atoms with van der Waals surface area (Å²) in [5.41, 5.74) is -0.0380. The molecule has 1 aromatic heterocycles. The summed E-state index contributed by atoms with van der Waals surface area (Å²) in [5, 5.41) is 0. The number of nitrogens with zero attached hydrogens (tertiary/aromatic N) is 1. The van der Waals surface area contributed by atoms with E-state index in [0.717, 1.165) is 12.1 Å². The predicted octanol–water partition coefficient (Wildman–Crippen LogP) is 2.72. The number of pyridine rings is 1. The fourth-order valence-corrected chi connectivity index (χ4v) is 1.37. The number of halogens is 2. The molecule has 2 aromatic rings. The van der Waals surface area contributed by atoms with Crippen LogP contribution in [-0.2, 0) is 11.3 Å². The van der Waals surface area contributed by atoms with Crippen molar-refractivity contribution in [3.8, 4) is 0 Å². The van der Waals surface area contributed by atoms with E-state index in [9.17, 15) is 13.6 Å². The van der Waals surface area contributed by atoms with Crippen LogP contribution >= 0.6 is 0 Å². The predicted molar refractivity (Wildman–Crippen MR) is 59.7 cm³/mol. The van der Waals surface area contributed by atoms with Gasteiger partial charge in [0, 0.05) is 12.4 Å². The van der Waals surface area contributed by atoms with Gasteiger partial charge in [0.25, 0.3) is 0 Å². The van der Waals surface area contributed by atoms with Gasteiger partial charge in [-0.2, -0.15) is 0 Å². The Labute approximate surface area is 102 Å². The molecule has 0 amide bonds.